The first-order valence-corrected chi connectivity index (χ1v) is 7.83. The van der Waals surface area contributed by atoms with Crippen LogP contribution >= 0.6 is 0 Å². The summed E-state index contributed by atoms with van der Waals surface area (Å²) in [6.07, 6.45) is 3.99. The van der Waals surface area contributed by atoms with E-state index in [1.54, 1.807) is 0 Å². The molecular weight excluding hydrogens is 236 g/mol. The van der Waals surface area contributed by atoms with E-state index in [2.05, 4.69) is 30.6 Å². The lowest BCUT2D eigenvalue weighted by Gasteiger charge is -2.37. The molecule has 1 N–H and O–H groups in total. The van der Waals surface area contributed by atoms with E-state index in [0.717, 1.165) is 32.7 Å². The van der Waals surface area contributed by atoms with E-state index in [0.29, 0.717) is 5.41 Å². The average Bonchev–Trinajstić information content (AvgIpc) is 2.23. The Bertz CT molecular complexity index is 242. The molecule has 0 unspecified atom stereocenters. The first-order valence-electron chi connectivity index (χ1n) is 7.83. The second-order valence-corrected chi connectivity index (χ2v) is 7.95. The lowest BCUT2D eigenvalue weighted by atomic mass is 9.90. The van der Waals surface area contributed by atoms with Crippen molar-refractivity contribution in [1.29, 1.82) is 0 Å². The number of rotatable bonds is 6. The molecule has 0 radical (unpaired) electrons. The zero-order valence-corrected chi connectivity index (χ0v) is 13.7. The second kappa shape index (κ2) is 7.05. The lowest BCUT2D eigenvalue weighted by Crippen LogP contribution is -2.50. The Morgan fingerprint density at radius 3 is 1.84 bits per heavy atom. The minimum atomic E-state index is -0.561. The highest BCUT2D eigenvalue weighted by Crippen LogP contribution is 2.21. The fourth-order valence-corrected chi connectivity index (χ4v) is 2.71. The quantitative estimate of drug-likeness (QED) is 0.752. The molecule has 0 saturated carbocycles. The smallest absolute Gasteiger partial charge is 0.0718 e. The van der Waals surface area contributed by atoms with Crippen LogP contribution in [0.1, 0.15) is 53.9 Å². The van der Waals surface area contributed by atoms with Gasteiger partial charge in [0.25, 0.3) is 0 Å². The van der Waals surface area contributed by atoms with Crippen molar-refractivity contribution in [3.05, 3.63) is 0 Å². The molecule has 0 amide bonds. The fraction of sp³-hybridized carbons (Fsp3) is 1.00. The summed E-state index contributed by atoms with van der Waals surface area (Å²) in [5, 5.41) is 9.83. The lowest BCUT2D eigenvalue weighted by molar-refractivity contribution is 0.0175. The number of nitrogens with zero attached hydrogens (tertiary/aromatic N) is 2. The van der Waals surface area contributed by atoms with E-state index < -0.39 is 5.60 Å². The number of hydrogen-bond donors (Lipinski definition) is 1. The Labute approximate surface area is 120 Å². The van der Waals surface area contributed by atoms with Crippen molar-refractivity contribution < 1.29 is 5.11 Å². The minimum Gasteiger partial charge on any atom is -0.389 e. The van der Waals surface area contributed by atoms with E-state index in [1.807, 2.05) is 13.8 Å². The topological polar surface area (TPSA) is 26.7 Å². The third kappa shape index (κ3) is 8.61. The van der Waals surface area contributed by atoms with Crippen LogP contribution in [0, 0.1) is 5.41 Å². The highest BCUT2D eigenvalue weighted by atomic mass is 16.3. The highest BCUT2D eigenvalue weighted by Gasteiger charge is 2.22. The molecule has 114 valence electrons. The van der Waals surface area contributed by atoms with Crippen LogP contribution in [-0.2, 0) is 0 Å². The van der Waals surface area contributed by atoms with Crippen LogP contribution in [0.15, 0.2) is 0 Å². The molecule has 3 heteroatoms. The third-order valence-corrected chi connectivity index (χ3v) is 3.73. The first-order chi connectivity index (χ1) is 8.66. The average molecular weight is 270 g/mol. The fourth-order valence-electron chi connectivity index (χ4n) is 2.71. The van der Waals surface area contributed by atoms with Crippen molar-refractivity contribution in [3.8, 4) is 0 Å². The van der Waals surface area contributed by atoms with Crippen LogP contribution in [-0.4, -0.2) is 59.8 Å². The van der Waals surface area contributed by atoms with E-state index >= 15 is 0 Å². The number of unbranched alkanes of at least 4 members (excludes halogenated alkanes) is 1. The summed E-state index contributed by atoms with van der Waals surface area (Å²) >= 11 is 0. The maximum absolute atomic E-state index is 9.83. The van der Waals surface area contributed by atoms with Crippen molar-refractivity contribution in [2.45, 2.75) is 59.5 Å². The number of piperazine rings is 1. The van der Waals surface area contributed by atoms with E-state index in [-0.39, 0.29) is 0 Å². The molecule has 0 bridgehead atoms. The molecule has 1 rings (SSSR count). The van der Waals surface area contributed by atoms with Crippen LogP contribution in [0.25, 0.3) is 0 Å². The Morgan fingerprint density at radius 1 is 0.842 bits per heavy atom. The van der Waals surface area contributed by atoms with Crippen molar-refractivity contribution >= 4 is 0 Å². The molecule has 1 saturated heterocycles. The molecular formula is C16H34N2O. The van der Waals surface area contributed by atoms with Gasteiger partial charge in [-0.25, -0.2) is 0 Å². The number of hydrogen-bond acceptors (Lipinski definition) is 3. The minimum absolute atomic E-state index is 0.478. The molecule has 3 nitrogen and oxygen atoms in total. The molecule has 19 heavy (non-hydrogen) atoms. The number of β-amino-alcohol motifs (C(OH)–C–C–N with tert-alkyl or cyclic N) is 1. The van der Waals surface area contributed by atoms with Crippen LogP contribution < -0.4 is 0 Å². The van der Waals surface area contributed by atoms with Crippen molar-refractivity contribution in [2.24, 2.45) is 5.41 Å². The van der Waals surface area contributed by atoms with Gasteiger partial charge in [-0.15, -0.1) is 0 Å². The molecule has 0 atom stereocenters. The van der Waals surface area contributed by atoms with Crippen molar-refractivity contribution in [1.82, 2.24) is 9.80 Å². The molecule has 0 aromatic rings. The molecule has 1 heterocycles. The standard InChI is InChI=1S/C16H34N2O/c1-15(2,3)8-6-7-9-17-10-12-18(13-11-17)14-16(4,5)19/h19H,6-14H2,1-5H3. The van der Waals surface area contributed by atoms with Crippen LogP contribution in [0.5, 0.6) is 0 Å². The van der Waals surface area contributed by atoms with Crippen LogP contribution in [0.3, 0.4) is 0 Å². The van der Waals surface area contributed by atoms with Gasteiger partial charge in [0.05, 0.1) is 5.60 Å². The summed E-state index contributed by atoms with van der Waals surface area (Å²) in [7, 11) is 0. The van der Waals surface area contributed by atoms with E-state index in [4.69, 9.17) is 0 Å². The Balaban J connectivity index is 2.10. The zero-order chi connectivity index (χ0) is 14.5. The van der Waals surface area contributed by atoms with Crippen LogP contribution in [0.4, 0.5) is 0 Å². The predicted octanol–water partition coefficient (Wildman–Crippen LogP) is 2.59. The van der Waals surface area contributed by atoms with E-state index in [1.165, 1.54) is 25.8 Å². The molecule has 1 aliphatic heterocycles. The maximum Gasteiger partial charge on any atom is 0.0718 e. The Kier molecular flexibility index (Phi) is 6.28. The van der Waals surface area contributed by atoms with E-state index in [9.17, 15) is 5.11 Å². The molecule has 0 aliphatic carbocycles. The van der Waals surface area contributed by atoms with Gasteiger partial charge in [0.15, 0.2) is 0 Å². The van der Waals surface area contributed by atoms with Gasteiger partial charge < -0.3 is 10.0 Å². The van der Waals surface area contributed by atoms with Gasteiger partial charge in [-0.3, -0.25) is 4.90 Å². The molecule has 0 spiro atoms. The first kappa shape index (κ1) is 16.9. The Morgan fingerprint density at radius 2 is 1.37 bits per heavy atom. The number of aliphatic hydroxyl groups is 1. The predicted molar refractivity (Wildman–Crippen MR) is 82.5 cm³/mol. The summed E-state index contributed by atoms with van der Waals surface area (Å²) in [5.41, 5.74) is -0.0831. The van der Waals surface area contributed by atoms with Crippen molar-refractivity contribution in [3.63, 3.8) is 0 Å². The summed E-state index contributed by atoms with van der Waals surface area (Å²) in [4.78, 5) is 4.95. The van der Waals surface area contributed by atoms with Gasteiger partial charge in [0.1, 0.15) is 0 Å². The molecule has 1 fully saturated rings. The maximum atomic E-state index is 9.83. The summed E-state index contributed by atoms with van der Waals surface area (Å²) in [6.45, 7) is 17.3. The van der Waals surface area contributed by atoms with Crippen LogP contribution in [0.2, 0.25) is 0 Å². The Hall–Kier alpha value is -0.120. The highest BCUT2D eigenvalue weighted by molar-refractivity contribution is 4.78. The monoisotopic (exact) mass is 270 g/mol. The van der Waals surface area contributed by atoms with Gasteiger partial charge >= 0.3 is 0 Å². The normalized spacial score (nSPS) is 19.9. The van der Waals surface area contributed by atoms with Gasteiger partial charge in [0, 0.05) is 32.7 Å². The van der Waals surface area contributed by atoms with Gasteiger partial charge in [-0.05, 0) is 38.6 Å². The zero-order valence-electron chi connectivity index (χ0n) is 13.7. The third-order valence-electron chi connectivity index (χ3n) is 3.73. The van der Waals surface area contributed by atoms with Gasteiger partial charge in [0.2, 0.25) is 0 Å². The molecule has 0 aromatic heterocycles. The molecule has 0 aromatic carbocycles. The summed E-state index contributed by atoms with van der Waals surface area (Å²) < 4.78 is 0. The molecule has 1 aliphatic rings. The van der Waals surface area contributed by atoms with Gasteiger partial charge in [-0.2, -0.15) is 0 Å². The van der Waals surface area contributed by atoms with Crippen molar-refractivity contribution in [2.75, 3.05) is 39.3 Å². The SMILES string of the molecule is CC(C)(C)CCCCN1CCN(CC(C)(C)O)CC1. The summed E-state index contributed by atoms with van der Waals surface area (Å²) in [6, 6.07) is 0. The largest absolute Gasteiger partial charge is 0.389 e. The second-order valence-electron chi connectivity index (χ2n) is 7.95. The van der Waals surface area contributed by atoms with Gasteiger partial charge in [-0.1, -0.05) is 27.2 Å². The summed E-state index contributed by atoms with van der Waals surface area (Å²) in [5.74, 6) is 0.